The molecule has 98 valence electrons. The van der Waals surface area contributed by atoms with E-state index >= 15 is 0 Å². The standard InChI is InChI=1S/C14H19NO3/c16-9-8-15(12-5-3-6-12)10-11-4-1-2-7-13(11)14(17)18/h1-2,4,7,12,16H,3,5-6,8-10H2,(H,17,18). The van der Waals surface area contributed by atoms with Crippen LogP contribution in [0.2, 0.25) is 0 Å². The number of carbonyl (C=O) groups is 1. The van der Waals surface area contributed by atoms with Gasteiger partial charge < -0.3 is 10.2 Å². The molecule has 2 N–H and O–H groups in total. The second kappa shape index (κ2) is 5.98. The molecule has 0 spiro atoms. The Morgan fingerprint density at radius 2 is 2.06 bits per heavy atom. The summed E-state index contributed by atoms with van der Waals surface area (Å²) < 4.78 is 0. The van der Waals surface area contributed by atoms with Crippen LogP contribution in [0.1, 0.15) is 35.2 Å². The van der Waals surface area contributed by atoms with Gasteiger partial charge in [0.2, 0.25) is 0 Å². The number of aromatic carboxylic acids is 1. The average Bonchev–Trinajstić information content (AvgIpc) is 2.27. The van der Waals surface area contributed by atoms with Gasteiger partial charge in [-0.2, -0.15) is 0 Å². The number of carboxylic acids is 1. The Labute approximate surface area is 107 Å². The number of hydrogen-bond acceptors (Lipinski definition) is 3. The summed E-state index contributed by atoms with van der Waals surface area (Å²) in [5, 5.41) is 18.3. The van der Waals surface area contributed by atoms with Gasteiger partial charge in [-0.05, 0) is 24.5 Å². The van der Waals surface area contributed by atoms with Crippen molar-refractivity contribution < 1.29 is 15.0 Å². The third-order valence-corrected chi connectivity index (χ3v) is 3.60. The van der Waals surface area contributed by atoms with Crippen molar-refractivity contribution in [3.63, 3.8) is 0 Å². The number of aliphatic hydroxyl groups is 1. The Morgan fingerprint density at radius 3 is 2.61 bits per heavy atom. The van der Waals surface area contributed by atoms with E-state index in [-0.39, 0.29) is 6.61 Å². The van der Waals surface area contributed by atoms with E-state index in [4.69, 9.17) is 10.2 Å². The SMILES string of the molecule is O=C(O)c1ccccc1CN(CCO)C1CCC1. The van der Waals surface area contributed by atoms with E-state index in [1.54, 1.807) is 12.1 Å². The lowest BCUT2D eigenvalue weighted by molar-refractivity contribution is 0.0688. The van der Waals surface area contributed by atoms with Gasteiger partial charge in [0.15, 0.2) is 0 Å². The van der Waals surface area contributed by atoms with Gasteiger partial charge >= 0.3 is 5.97 Å². The minimum absolute atomic E-state index is 0.117. The summed E-state index contributed by atoms with van der Waals surface area (Å²) in [4.78, 5) is 13.3. The summed E-state index contributed by atoms with van der Waals surface area (Å²) in [6.45, 7) is 1.33. The summed E-state index contributed by atoms with van der Waals surface area (Å²) in [6, 6.07) is 7.59. The zero-order valence-electron chi connectivity index (χ0n) is 10.4. The Bertz CT molecular complexity index is 415. The van der Waals surface area contributed by atoms with Crippen molar-refractivity contribution in [1.29, 1.82) is 0 Å². The second-order valence-electron chi connectivity index (χ2n) is 4.74. The minimum atomic E-state index is -0.886. The normalized spacial score (nSPS) is 15.7. The molecule has 0 saturated heterocycles. The maximum atomic E-state index is 11.1. The first-order valence-corrected chi connectivity index (χ1v) is 6.38. The van der Waals surface area contributed by atoms with Crippen molar-refractivity contribution in [3.8, 4) is 0 Å². The molecule has 2 rings (SSSR count). The maximum absolute atomic E-state index is 11.1. The molecule has 0 unspecified atom stereocenters. The fraction of sp³-hybridized carbons (Fsp3) is 0.500. The molecular formula is C14H19NO3. The summed E-state index contributed by atoms with van der Waals surface area (Å²) >= 11 is 0. The predicted octanol–water partition coefficient (Wildman–Crippen LogP) is 1.73. The fourth-order valence-corrected chi connectivity index (χ4v) is 2.36. The van der Waals surface area contributed by atoms with Gasteiger partial charge in [-0.3, -0.25) is 4.90 Å². The number of rotatable bonds is 6. The predicted molar refractivity (Wildman–Crippen MR) is 68.5 cm³/mol. The van der Waals surface area contributed by atoms with E-state index in [1.165, 1.54) is 6.42 Å². The van der Waals surface area contributed by atoms with Crippen LogP contribution in [0, 0.1) is 0 Å². The molecule has 0 atom stereocenters. The lowest BCUT2D eigenvalue weighted by Gasteiger charge is -2.37. The first-order valence-electron chi connectivity index (χ1n) is 6.38. The molecular weight excluding hydrogens is 230 g/mol. The largest absolute Gasteiger partial charge is 0.478 e. The Hall–Kier alpha value is -1.39. The van der Waals surface area contributed by atoms with Crippen LogP contribution in [-0.2, 0) is 6.54 Å². The average molecular weight is 249 g/mol. The van der Waals surface area contributed by atoms with Crippen LogP contribution in [0.25, 0.3) is 0 Å². The molecule has 0 radical (unpaired) electrons. The van der Waals surface area contributed by atoms with Crippen molar-refractivity contribution in [2.24, 2.45) is 0 Å². The molecule has 0 heterocycles. The Morgan fingerprint density at radius 1 is 1.33 bits per heavy atom. The quantitative estimate of drug-likeness (QED) is 0.806. The van der Waals surface area contributed by atoms with Crippen LogP contribution in [0.15, 0.2) is 24.3 Å². The Balaban J connectivity index is 2.12. The van der Waals surface area contributed by atoms with Crippen LogP contribution in [0.3, 0.4) is 0 Å². The Kier molecular flexibility index (Phi) is 4.33. The highest BCUT2D eigenvalue weighted by Gasteiger charge is 2.25. The first-order chi connectivity index (χ1) is 8.72. The monoisotopic (exact) mass is 249 g/mol. The van der Waals surface area contributed by atoms with E-state index in [9.17, 15) is 4.79 Å². The molecule has 4 nitrogen and oxygen atoms in total. The molecule has 1 fully saturated rings. The van der Waals surface area contributed by atoms with Crippen molar-refractivity contribution in [2.45, 2.75) is 31.8 Å². The van der Waals surface area contributed by atoms with Crippen LogP contribution in [-0.4, -0.2) is 40.3 Å². The lowest BCUT2D eigenvalue weighted by Crippen LogP contribution is -2.41. The highest BCUT2D eigenvalue weighted by molar-refractivity contribution is 5.89. The van der Waals surface area contributed by atoms with Gasteiger partial charge in [0.25, 0.3) is 0 Å². The van der Waals surface area contributed by atoms with Crippen molar-refractivity contribution >= 4 is 5.97 Å². The third-order valence-electron chi connectivity index (χ3n) is 3.60. The molecule has 0 bridgehead atoms. The number of hydrogen-bond donors (Lipinski definition) is 2. The van der Waals surface area contributed by atoms with Crippen molar-refractivity contribution in [2.75, 3.05) is 13.2 Å². The van der Waals surface area contributed by atoms with Gasteiger partial charge in [-0.1, -0.05) is 24.6 Å². The molecule has 0 amide bonds. The number of carboxylic acid groups (broad SMARTS) is 1. The smallest absolute Gasteiger partial charge is 0.336 e. The van der Waals surface area contributed by atoms with E-state index in [0.29, 0.717) is 24.7 Å². The van der Waals surface area contributed by atoms with E-state index in [0.717, 1.165) is 18.4 Å². The van der Waals surface area contributed by atoms with Gasteiger partial charge in [-0.15, -0.1) is 0 Å². The van der Waals surface area contributed by atoms with E-state index in [1.807, 2.05) is 12.1 Å². The highest BCUT2D eigenvalue weighted by Crippen LogP contribution is 2.26. The number of benzene rings is 1. The minimum Gasteiger partial charge on any atom is -0.478 e. The number of nitrogens with zero attached hydrogens (tertiary/aromatic N) is 1. The maximum Gasteiger partial charge on any atom is 0.336 e. The summed E-state index contributed by atoms with van der Waals surface area (Å²) in [6.07, 6.45) is 3.53. The topological polar surface area (TPSA) is 60.8 Å². The molecule has 1 saturated carbocycles. The van der Waals surface area contributed by atoms with E-state index in [2.05, 4.69) is 4.90 Å². The van der Waals surface area contributed by atoms with Crippen LogP contribution in [0.4, 0.5) is 0 Å². The second-order valence-corrected chi connectivity index (χ2v) is 4.74. The zero-order valence-corrected chi connectivity index (χ0v) is 10.4. The molecule has 1 aromatic carbocycles. The van der Waals surface area contributed by atoms with Gasteiger partial charge in [-0.25, -0.2) is 4.79 Å². The van der Waals surface area contributed by atoms with Crippen LogP contribution >= 0.6 is 0 Å². The lowest BCUT2D eigenvalue weighted by atomic mass is 9.91. The molecule has 18 heavy (non-hydrogen) atoms. The molecule has 1 aliphatic carbocycles. The van der Waals surface area contributed by atoms with Crippen LogP contribution in [0.5, 0.6) is 0 Å². The van der Waals surface area contributed by atoms with Crippen molar-refractivity contribution in [1.82, 2.24) is 4.90 Å². The molecule has 0 aliphatic heterocycles. The first kappa shape index (κ1) is 13.1. The fourth-order valence-electron chi connectivity index (χ4n) is 2.36. The van der Waals surface area contributed by atoms with E-state index < -0.39 is 5.97 Å². The molecule has 1 aromatic rings. The molecule has 4 heteroatoms. The van der Waals surface area contributed by atoms with Crippen molar-refractivity contribution in [3.05, 3.63) is 35.4 Å². The van der Waals surface area contributed by atoms with Gasteiger partial charge in [0, 0.05) is 19.1 Å². The molecule has 1 aliphatic rings. The zero-order chi connectivity index (χ0) is 13.0. The van der Waals surface area contributed by atoms with Gasteiger partial charge in [0.05, 0.1) is 12.2 Å². The highest BCUT2D eigenvalue weighted by atomic mass is 16.4. The molecule has 0 aromatic heterocycles. The summed E-state index contributed by atoms with van der Waals surface area (Å²) in [5.74, 6) is -0.886. The third kappa shape index (κ3) is 2.89. The number of aliphatic hydroxyl groups excluding tert-OH is 1. The summed E-state index contributed by atoms with van der Waals surface area (Å²) in [5.41, 5.74) is 1.19. The van der Waals surface area contributed by atoms with Gasteiger partial charge in [0.1, 0.15) is 0 Å². The summed E-state index contributed by atoms with van der Waals surface area (Å²) in [7, 11) is 0. The van der Waals surface area contributed by atoms with Crippen LogP contribution < -0.4 is 0 Å².